The molecule has 2 heteroatoms. The van der Waals surface area contributed by atoms with Crippen LogP contribution in [0.1, 0.15) is 37.4 Å². The van der Waals surface area contributed by atoms with Crippen molar-refractivity contribution in [2.45, 2.75) is 38.8 Å². The molecule has 106 valence electrons. The highest BCUT2D eigenvalue weighted by atomic mass is 35.5. The van der Waals surface area contributed by atoms with Crippen LogP contribution in [0.5, 0.6) is 0 Å². The van der Waals surface area contributed by atoms with Crippen molar-refractivity contribution in [3.8, 4) is 0 Å². The average molecular weight is 288 g/mol. The van der Waals surface area contributed by atoms with Crippen LogP contribution in [0.2, 0.25) is 5.02 Å². The van der Waals surface area contributed by atoms with E-state index in [1.54, 1.807) is 0 Å². The first-order valence-corrected chi connectivity index (χ1v) is 7.58. The zero-order valence-electron chi connectivity index (χ0n) is 12.1. The molecule has 0 aromatic heterocycles. The Kier molecular flexibility index (Phi) is 5.63. The van der Waals surface area contributed by atoms with Crippen molar-refractivity contribution in [3.05, 3.63) is 70.7 Å². The molecule has 0 saturated carbocycles. The van der Waals surface area contributed by atoms with Crippen LogP contribution in [0.3, 0.4) is 0 Å². The summed E-state index contributed by atoms with van der Waals surface area (Å²) in [7, 11) is 0. The summed E-state index contributed by atoms with van der Waals surface area (Å²) in [6.07, 6.45) is 2.25. The lowest BCUT2D eigenvalue weighted by atomic mass is 10.0. The molecule has 0 amide bonds. The molecule has 0 heterocycles. The Bertz CT molecular complexity index is 507. The molecule has 0 spiro atoms. The van der Waals surface area contributed by atoms with Crippen molar-refractivity contribution in [2.75, 3.05) is 0 Å². The van der Waals surface area contributed by atoms with Crippen molar-refractivity contribution in [1.29, 1.82) is 0 Å². The summed E-state index contributed by atoms with van der Waals surface area (Å²) >= 11 is 5.92. The van der Waals surface area contributed by atoms with E-state index in [1.165, 1.54) is 11.1 Å². The second-order valence-corrected chi connectivity index (χ2v) is 5.80. The minimum atomic E-state index is 0.345. The van der Waals surface area contributed by atoms with E-state index in [9.17, 15) is 0 Å². The van der Waals surface area contributed by atoms with E-state index >= 15 is 0 Å². The van der Waals surface area contributed by atoms with Gasteiger partial charge in [-0.05, 0) is 49.9 Å². The molecule has 1 unspecified atom stereocenters. The number of aryl methyl sites for hydroxylation is 1. The van der Waals surface area contributed by atoms with Gasteiger partial charge in [0.05, 0.1) is 0 Å². The minimum Gasteiger partial charge on any atom is -0.308 e. The number of rotatable bonds is 6. The Morgan fingerprint density at radius 1 is 0.950 bits per heavy atom. The number of nitrogens with one attached hydrogen (secondary N) is 1. The van der Waals surface area contributed by atoms with Gasteiger partial charge < -0.3 is 5.32 Å². The van der Waals surface area contributed by atoms with Gasteiger partial charge in [0.25, 0.3) is 0 Å². The van der Waals surface area contributed by atoms with Gasteiger partial charge in [-0.2, -0.15) is 0 Å². The molecule has 0 aliphatic heterocycles. The first-order chi connectivity index (χ1) is 9.65. The Morgan fingerprint density at radius 2 is 1.60 bits per heavy atom. The fourth-order valence-electron chi connectivity index (χ4n) is 2.39. The smallest absolute Gasteiger partial charge is 0.0406 e. The summed E-state index contributed by atoms with van der Waals surface area (Å²) in [5.41, 5.74) is 2.68. The van der Waals surface area contributed by atoms with E-state index in [0.717, 1.165) is 17.9 Å². The predicted octanol–water partition coefficient (Wildman–Crippen LogP) is 5.01. The third-order valence-corrected chi connectivity index (χ3v) is 3.87. The highest BCUT2D eigenvalue weighted by molar-refractivity contribution is 6.30. The molecular weight excluding hydrogens is 266 g/mol. The zero-order chi connectivity index (χ0) is 14.4. The van der Waals surface area contributed by atoms with Crippen molar-refractivity contribution >= 4 is 11.6 Å². The van der Waals surface area contributed by atoms with E-state index in [0.29, 0.717) is 12.1 Å². The Labute approximate surface area is 127 Å². The molecule has 0 fully saturated rings. The second-order valence-electron chi connectivity index (χ2n) is 5.37. The fraction of sp³-hybridized carbons (Fsp3) is 0.333. The van der Waals surface area contributed by atoms with Crippen LogP contribution in [0.25, 0.3) is 0 Å². The maximum absolute atomic E-state index is 5.92. The minimum absolute atomic E-state index is 0.345. The number of hydrogen-bond acceptors (Lipinski definition) is 1. The molecule has 0 aliphatic rings. The maximum atomic E-state index is 5.92. The molecule has 2 atom stereocenters. The van der Waals surface area contributed by atoms with Gasteiger partial charge in [-0.15, -0.1) is 0 Å². The Morgan fingerprint density at radius 3 is 2.25 bits per heavy atom. The number of halogens is 1. The SMILES string of the molecule is CC(CCc1ccccc1)N[C@@H](C)c1ccc(Cl)cc1. The highest BCUT2D eigenvalue weighted by Gasteiger charge is 2.09. The highest BCUT2D eigenvalue weighted by Crippen LogP contribution is 2.17. The molecule has 0 saturated heterocycles. The third-order valence-electron chi connectivity index (χ3n) is 3.61. The van der Waals surface area contributed by atoms with Gasteiger partial charge >= 0.3 is 0 Å². The second kappa shape index (κ2) is 7.47. The summed E-state index contributed by atoms with van der Waals surface area (Å²) in [6.45, 7) is 4.44. The van der Waals surface area contributed by atoms with E-state index < -0.39 is 0 Å². The lowest BCUT2D eigenvalue weighted by Gasteiger charge is -2.20. The predicted molar refractivity (Wildman–Crippen MR) is 87.2 cm³/mol. The van der Waals surface area contributed by atoms with Crippen molar-refractivity contribution in [3.63, 3.8) is 0 Å². The average Bonchev–Trinajstić information content (AvgIpc) is 2.47. The van der Waals surface area contributed by atoms with E-state index in [2.05, 4.69) is 61.6 Å². The maximum Gasteiger partial charge on any atom is 0.0406 e. The van der Waals surface area contributed by atoms with Gasteiger partial charge in [0.1, 0.15) is 0 Å². The molecule has 0 radical (unpaired) electrons. The molecule has 20 heavy (non-hydrogen) atoms. The number of hydrogen-bond donors (Lipinski definition) is 1. The molecular formula is C18H22ClN. The van der Waals surface area contributed by atoms with Crippen LogP contribution in [0, 0.1) is 0 Å². The Balaban J connectivity index is 1.82. The van der Waals surface area contributed by atoms with Gasteiger partial charge in [-0.3, -0.25) is 0 Å². The van der Waals surface area contributed by atoms with Crippen LogP contribution in [0.4, 0.5) is 0 Å². The standard InChI is InChI=1S/C18H22ClN/c1-14(8-9-16-6-4-3-5-7-16)20-15(2)17-10-12-18(19)13-11-17/h3-7,10-15,20H,8-9H2,1-2H3/t14?,15-/m0/s1. The first-order valence-electron chi connectivity index (χ1n) is 7.20. The van der Waals surface area contributed by atoms with Gasteiger partial charge in [0.15, 0.2) is 0 Å². The molecule has 1 nitrogen and oxygen atoms in total. The molecule has 2 aromatic rings. The van der Waals surface area contributed by atoms with E-state index in [-0.39, 0.29) is 0 Å². The molecule has 0 aliphatic carbocycles. The van der Waals surface area contributed by atoms with Crippen LogP contribution in [-0.2, 0) is 6.42 Å². The van der Waals surface area contributed by atoms with Crippen LogP contribution in [0.15, 0.2) is 54.6 Å². The summed E-state index contributed by atoms with van der Waals surface area (Å²) < 4.78 is 0. The Hall–Kier alpha value is -1.31. The molecule has 0 bridgehead atoms. The van der Waals surface area contributed by atoms with Gasteiger partial charge in [-0.1, -0.05) is 54.1 Å². The van der Waals surface area contributed by atoms with Crippen molar-refractivity contribution < 1.29 is 0 Å². The summed E-state index contributed by atoms with van der Waals surface area (Å²) in [4.78, 5) is 0. The topological polar surface area (TPSA) is 12.0 Å². The summed E-state index contributed by atoms with van der Waals surface area (Å²) in [5, 5.41) is 4.43. The van der Waals surface area contributed by atoms with Crippen LogP contribution >= 0.6 is 11.6 Å². The van der Waals surface area contributed by atoms with E-state index in [1.807, 2.05) is 12.1 Å². The van der Waals surface area contributed by atoms with Crippen LogP contribution < -0.4 is 5.32 Å². The van der Waals surface area contributed by atoms with Crippen LogP contribution in [-0.4, -0.2) is 6.04 Å². The molecule has 1 N–H and O–H groups in total. The quantitative estimate of drug-likeness (QED) is 0.787. The first kappa shape index (κ1) is 15.1. The van der Waals surface area contributed by atoms with Gasteiger partial charge in [-0.25, -0.2) is 0 Å². The lowest BCUT2D eigenvalue weighted by Crippen LogP contribution is -2.29. The number of benzene rings is 2. The van der Waals surface area contributed by atoms with Gasteiger partial charge in [0.2, 0.25) is 0 Å². The summed E-state index contributed by atoms with van der Waals surface area (Å²) in [5.74, 6) is 0. The largest absolute Gasteiger partial charge is 0.308 e. The van der Waals surface area contributed by atoms with Crippen molar-refractivity contribution in [2.24, 2.45) is 0 Å². The zero-order valence-corrected chi connectivity index (χ0v) is 12.9. The lowest BCUT2D eigenvalue weighted by molar-refractivity contribution is 0.456. The fourth-order valence-corrected chi connectivity index (χ4v) is 2.51. The summed E-state index contributed by atoms with van der Waals surface area (Å²) in [6, 6.07) is 19.5. The molecule has 2 rings (SSSR count). The third kappa shape index (κ3) is 4.66. The van der Waals surface area contributed by atoms with E-state index in [4.69, 9.17) is 11.6 Å². The normalized spacial score (nSPS) is 13.9. The monoisotopic (exact) mass is 287 g/mol. The van der Waals surface area contributed by atoms with Gasteiger partial charge in [0, 0.05) is 17.1 Å². The van der Waals surface area contributed by atoms with Crippen molar-refractivity contribution in [1.82, 2.24) is 5.32 Å². The molecule has 2 aromatic carbocycles.